The molecule has 1 fully saturated rings. The fourth-order valence-electron chi connectivity index (χ4n) is 3.47. The first-order valence-corrected chi connectivity index (χ1v) is 9.52. The molecule has 0 amide bonds. The molecular formula is C19H31ClN4O. The minimum absolute atomic E-state index is 0.629. The van der Waals surface area contributed by atoms with Gasteiger partial charge >= 0.3 is 0 Å². The number of methoxy groups -OCH3 is 1. The maximum atomic E-state index is 6.32. The van der Waals surface area contributed by atoms with E-state index in [1.807, 2.05) is 25.2 Å². The molecule has 0 aliphatic carbocycles. The second-order valence-corrected chi connectivity index (χ2v) is 6.70. The number of rotatable bonds is 7. The number of hydrogen-bond acceptors (Lipinski definition) is 3. The summed E-state index contributed by atoms with van der Waals surface area (Å²) < 4.78 is 5.20. The predicted molar refractivity (Wildman–Crippen MR) is 106 cm³/mol. The van der Waals surface area contributed by atoms with Gasteiger partial charge in [0.15, 0.2) is 5.96 Å². The van der Waals surface area contributed by atoms with Gasteiger partial charge in [0.2, 0.25) is 0 Å². The Morgan fingerprint density at radius 2 is 2.16 bits per heavy atom. The summed E-state index contributed by atoms with van der Waals surface area (Å²) in [4.78, 5) is 9.35. The highest BCUT2D eigenvalue weighted by molar-refractivity contribution is 6.31. The second kappa shape index (κ2) is 9.88. The molecule has 25 heavy (non-hydrogen) atoms. The summed E-state index contributed by atoms with van der Waals surface area (Å²) in [5.41, 5.74) is 1.12. The van der Waals surface area contributed by atoms with Crippen molar-refractivity contribution in [3.8, 4) is 5.75 Å². The van der Waals surface area contributed by atoms with Crippen molar-refractivity contribution >= 4 is 17.6 Å². The normalized spacial score (nSPS) is 18.1. The third kappa shape index (κ3) is 5.25. The first-order valence-electron chi connectivity index (χ1n) is 9.14. The minimum atomic E-state index is 0.629. The van der Waals surface area contributed by atoms with Gasteiger partial charge in [0.1, 0.15) is 5.75 Å². The van der Waals surface area contributed by atoms with Crippen molar-refractivity contribution in [2.75, 3.05) is 46.9 Å². The van der Waals surface area contributed by atoms with Crippen LogP contribution in [0.15, 0.2) is 23.2 Å². The van der Waals surface area contributed by atoms with E-state index in [-0.39, 0.29) is 0 Å². The van der Waals surface area contributed by atoms with Crippen LogP contribution in [0.3, 0.4) is 0 Å². The zero-order valence-corrected chi connectivity index (χ0v) is 16.6. The lowest BCUT2D eigenvalue weighted by Gasteiger charge is -2.27. The molecule has 6 heteroatoms. The van der Waals surface area contributed by atoms with E-state index in [0.29, 0.717) is 6.04 Å². The molecule has 0 radical (unpaired) electrons. The van der Waals surface area contributed by atoms with E-state index in [2.05, 4.69) is 34.0 Å². The summed E-state index contributed by atoms with van der Waals surface area (Å²) in [7, 11) is 3.51. The van der Waals surface area contributed by atoms with Crippen molar-refractivity contribution in [3.63, 3.8) is 0 Å². The SMILES string of the molecule is CCN(CC)C1CCN(C(=NC)NCCc2ccc(OC)cc2Cl)C1. The number of halogens is 1. The summed E-state index contributed by atoms with van der Waals surface area (Å²) in [6, 6.07) is 6.47. The van der Waals surface area contributed by atoms with Crippen LogP contribution in [-0.4, -0.2) is 68.7 Å². The van der Waals surface area contributed by atoms with Crippen LogP contribution < -0.4 is 10.1 Å². The van der Waals surface area contributed by atoms with Gasteiger partial charge in [-0.1, -0.05) is 31.5 Å². The first kappa shape index (κ1) is 19.9. The Bertz CT molecular complexity index is 575. The smallest absolute Gasteiger partial charge is 0.193 e. The average Bonchev–Trinajstić information content (AvgIpc) is 3.10. The van der Waals surface area contributed by atoms with E-state index in [1.54, 1.807) is 7.11 Å². The van der Waals surface area contributed by atoms with Gasteiger partial charge < -0.3 is 15.0 Å². The van der Waals surface area contributed by atoms with Crippen LogP contribution in [0.25, 0.3) is 0 Å². The predicted octanol–water partition coefficient (Wildman–Crippen LogP) is 2.88. The van der Waals surface area contributed by atoms with Gasteiger partial charge in [0, 0.05) is 37.7 Å². The summed E-state index contributed by atoms with van der Waals surface area (Å²) in [6.07, 6.45) is 2.06. The maximum absolute atomic E-state index is 6.32. The molecule has 5 nitrogen and oxygen atoms in total. The Balaban J connectivity index is 1.85. The first-order chi connectivity index (χ1) is 12.1. The van der Waals surface area contributed by atoms with Gasteiger partial charge in [-0.05, 0) is 43.6 Å². The number of hydrogen-bond donors (Lipinski definition) is 1. The topological polar surface area (TPSA) is 40.1 Å². The average molecular weight is 367 g/mol. The summed E-state index contributed by atoms with van der Waals surface area (Å²) in [6.45, 7) is 9.60. The van der Waals surface area contributed by atoms with Crippen LogP contribution in [0.2, 0.25) is 5.02 Å². The summed E-state index contributed by atoms with van der Waals surface area (Å²) >= 11 is 6.32. The third-order valence-electron chi connectivity index (χ3n) is 4.94. The van der Waals surface area contributed by atoms with Crippen LogP contribution in [-0.2, 0) is 6.42 Å². The number of aliphatic imine (C=N–C) groups is 1. The quantitative estimate of drug-likeness (QED) is 0.595. The number of likely N-dealkylation sites (N-methyl/N-ethyl adjacent to an activating group) is 1. The Morgan fingerprint density at radius 1 is 1.40 bits per heavy atom. The molecule has 1 heterocycles. The van der Waals surface area contributed by atoms with E-state index < -0.39 is 0 Å². The molecule has 1 unspecified atom stereocenters. The van der Waals surface area contributed by atoms with Crippen LogP contribution in [0.4, 0.5) is 0 Å². The molecule has 0 aromatic heterocycles. The van der Waals surface area contributed by atoms with Gasteiger partial charge in [0.05, 0.1) is 7.11 Å². The molecule has 0 bridgehead atoms. The van der Waals surface area contributed by atoms with Gasteiger partial charge in [-0.3, -0.25) is 9.89 Å². The number of ether oxygens (including phenoxy) is 1. The zero-order chi connectivity index (χ0) is 18.2. The fourth-order valence-corrected chi connectivity index (χ4v) is 3.74. The second-order valence-electron chi connectivity index (χ2n) is 6.29. The van der Waals surface area contributed by atoms with E-state index in [9.17, 15) is 0 Å². The molecule has 1 N–H and O–H groups in total. The lowest BCUT2D eigenvalue weighted by molar-refractivity contribution is 0.223. The van der Waals surface area contributed by atoms with Crippen LogP contribution in [0, 0.1) is 0 Å². The fraction of sp³-hybridized carbons (Fsp3) is 0.632. The molecule has 1 aliphatic rings. The molecule has 2 rings (SSSR count). The molecule has 1 aromatic rings. The monoisotopic (exact) mass is 366 g/mol. The van der Waals surface area contributed by atoms with Crippen LogP contribution in [0.5, 0.6) is 5.75 Å². The Labute approximate surface area is 157 Å². The molecule has 1 aliphatic heterocycles. The lowest BCUT2D eigenvalue weighted by Crippen LogP contribution is -2.43. The number of benzene rings is 1. The van der Waals surface area contributed by atoms with E-state index in [1.165, 1.54) is 6.42 Å². The van der Waals surface area contributed by atoms with Gasteiger partial charge in [-0.2, -0.15) is 0 Å². The van der Waals surface area contributed by atoms with Crippen molar-refractivity contribution in [2.45, 2.75) is 32.7 Å². The standard InChI is InChI=1S/C19H31ClN4O/c1-5-23(6-2)16-10-12-24(14-16)19(21-3)22-11-9-15-7-8-17(25-4)13-18(15)20/h7-8,13,16H,5-6,9-12,14H2,1-4H3,(H,21,22). The third-order valence-corrected chi connectivity index (χ3v) is 5.29. The van der Waals surface area contributed by atoms with Gasteiger partial charge in [-0.25, -0.2) is 0 Å². The zero-order valence-electron chi connectivity index (χ0n) is 15.9. The molecule has 1 atom stereocenters. The highest BCUT2D eigenvalue weighted by Gasteiger charge is 2.27. The van der Waals surface area contributed by atoms with Gasteiger partial charge in [-0.15, -0.1) is 0 Å². The minimum Gasteiger partial charge on any atom is -0.497 e. The molecule has 1 saturated heterocycles. The number of nitrogens with zero attached hydrogens (tertiary/aromatic N) is 3. The molecule has 0 spiro atoms. The summed E-state index contributed by atoms with van der Waals surface area (Å²) in [5, 5.41) is 4.23. The molecular weight excluding hydrogens is 336 g/mol. The Kier molecular flexibility index (Phi) is 7.85. The number of guanidine groups is 1. The van der Waals surface area contributed by atoms with Crippen LogP contribution in [0.1, 0.15) is 25.8 Å². The molecule has 0 saturated carbocycles. The number of nitrogens with one attached hydrogen (secondary N) is 1. The van der Waals surface area contributed by atoms with E-state index >= 15 is 0 Å². The van der Waals surface area contributed by atoms with Gasteiger partial charge in [0.25, 0.3) is 0 Å². The summed E-state index contributed by atoms with van der Waals surface area (Å²) in [5.74, 6) is 1.77. The van der Waals surface area contributed by atoms with Crippen molar-refractivity contribution in [2.24, 2.45) is 4.99 Å². The molecule has 1 aromatic carbocycles. The molecule has 140 valence electrons. The Morgan fingerprint density at radius 3 is 2.76 bits per heavy atom. The largest absolute Gasteiger partial charge is 0.497 e. The number of likely N-dealkylation sites (tertiary alicyclic amines) is 1. The van der Waals surface area contributed by atoms with Crippen molar-refractivity contribution < 1.29 is 4.74 Å². The van der Waals surface area contributed by atoms with E-state index in [4.69, 9.17) is 16.3 Å². The maximum Gasteiger partial charge on any atom is 0.193 e. The van der Waals surface area contributed by atoms with Crippen molar-refractivity contribution in [1.29, 1.82) is 0 Å². The Hall–Kier alpha value is -1.46. The lowest BCUT2D eigenvalue weighted by atomic mass is 10.1. The van der Waals surface area contributed by atoms with E-state index in [0.717, 1.165) is 61.4 Å². The van der Waals surface area contributed by atoms with Crippen molar-refractivity contribution in [3.05, 3.63) is 28.8 Å². The highest BCUT2D eigenvalue weighted by Crippen LogP contribution is 2.22. The van der Waals surface area contributed by atoms with Crippen molar-refractivity contribution in [1.82, 2.24) is 15.1 Å². The van der Waals surface area contributed by atoms with Crippen LogP contribution >= 0.6 is 11.6 Å². The highest BCUT2D eigenvalue weighted by atomic mass is 35.5.